The maximum atomic E-state index is 14.0. The Morgan fingerprint density at radius 2 is 1.52 bits per heavy atom. The zero-order valence-corrected chi connectivity index (χ0v) is 36.9. The maximum absolute atomic E-state index is 14.0. The number of carbonyl (C=O) groups is 3. The molecule has 12 heteroatoms. The second kappa shape index (κ2) is 17.7. The van der Waals surface area contributed by atoms with Crippen molar-refractivity contribution in [3.05, 3.63) is 138 Å². The third-order valence-electron chi connectivity index (χ3n) is 12.6. The Bertz CT molecular complexity index is 2860. The zero-order valence-electron chi connectivity index (χ0n) is 34.5. The Labute approximate surface area is 373 Å². The average Bonchev–Trinajstić information content (AvgIpc) is 4.05. The normalized spacial score (nSPS) is 19.4. The Morgan fingerprint density at radius 3 is 2.29 bits per heavy atom. The number of rotatable bonds is 14. The number of hydrogen-bond acceptors (Lipinski definition) is 8. The lowest BCUT2D eigenvalue weighted by atomic mass is 9.96. The molecule has 0 radical (unpaired) electrons. The number of amides is 1. The van der Waals surface area contributed by atoms with Crippen molar-refractivity contribution in [2.45, 2.75) is 89.6 Å². The molecule has 0 spiro atoms. The van der Waals surface area contributed by atoms with Gasteiger partial charge in [-0.15, -0.1) is 11.3 Å². The number of anilines is 2. The zero-order chi connectivity index (χ0) is 43.1. The number of thiazole rings is 1. The molecule has 1 saturated heterocycles. The summed E-state index contributed by atoms with van der Waals surface area (Å²) in [6.45, 7) is 1.97. The van der Waals surface area contributed by atoms with Crippen LogP contribution in [0, 0.1) is 6.92 Å². The number of aromatic nitrogens is 1. The molecule has 4 aromatic carbocycles. The van der Waals surface area contributed by atoms with Gasteiger partial charge in [-0.2, -0.15) is 0 Å². The van der Waals surface area contributed by atoms with Gasteiger partial charge in [-0.1, -0.05) is 122 Å². The summed E-state index contributed by atoms with van der Waals surface area (Å²) in [5, 5.41) is 18.7. The summed E-state index contributed by atoms with van der Waals surface area (Å²) in [5.41, 5.74) is 12.6. The quantitative estimate of drug-likeness (QED) is 0.0815. The van der Waals surface area contributed by atoms with Crippen molar-refractivity contribution in [1.29, 1.82) is 0 Å². The van der Waals surface area contributed by atoms with Crippen molar-refractivity contribution in [3.63, 3.8) is 0 Å². The summed E-state index contributed by atoms with van der Waals surface area (Å²) >= 11 is 7.86. The largest absolute Gasteiger partial charge is 0.481 e. The molecule has 2 aliphatic heterocycles. The van der Waals surface area contributed by atoms with Gasteiger partial charge in [0.2, 0.25) is 0 Å². The van der Waals surface area contributed by atoms with Gasteiger partial charge in [0, 0.05) is 36.3 Å². The van der Waals surface area contributed by atoms with Crippen molar-refractivity contribution in [1.82, 2.24) is 9.47 Å². The van der Waals surface area contributed by atoms with Crippen LogP contribution in [0.1, 0.15) is 104 Å². The van der Waals surface area contributed by atoms with E-state index < -0.39 is 24.0 Å². The number of hydrogen-bond donors (Lipinski definition) is 2. The number of carboxylic acid groups (broad SMARTS) is 2. The van der Waals surface area contributed by atoms with E-state index >= 15 is 0 Å². The molecule has 1 saturated carbocycles. The first-order chi connectivity index (χ1) is 30.0. The maximum Gasteiger partial charge on any atom is 0.323 e. The average molecular weight is 882 g/mol. The fourth-order valence-electron chi connectivity index (χ4n) is 9.61. The highest BCUT2D eigenvalue weighted by Crippen LogP contribution is 2.54. The third-order valence-corrected chi connectivity index (χ3v) is 15.3. The number of benzene rings is 4. The number of thioether (sulfide) groups is 1. The Balaban J connectivity index is 1.01. The summed E-state index contributed by atoms with van der Waals surface area (Å²) in [6.07, 6.45) is 12.5. The van der Waals surface area contributed by atoms with E-state index in [1.54, 1.807) is 4.90 Å². The van der Waals surface area contributed by atoms with Crippen LogP contribution in [-0.2, 0) is 20.9 Å². The molecule has 5 aromatic rings. The molecule has 2 N–H and O–H groups in total. The molecule has 9 rings (SSSR count). The van der Waals surface area contributed by atoms with Crippen LogP contribution in [0.2, 0.25) is 0 Å². The molecule has 2 aliphatic carbocycles. The van der Waals surface area contributed by atoms with Crippen LogP contribution in [-0.4, -0.2) is 54.4 Å². The van der Waals surface area contributed by atoms with E-state index in [2.05, 4.69) is 96.8 Å². The van der Waals surface area contributed by atoms with Gasteiger partial charge in [0.1, 0.15) is 20.4 Å². The van der Waals surface area contributed by atoms with Crippen molar-refractivity contribution in [3.8, 4) is 11.1 Å². The second-order valence-electron chi connectivity index (χ2n) is 16.7. The smallest absolute Gasteiger partial charge is 0.323 e. The van der Waals surface area contributed by atoms with Crippen LogP contribution in [0.4, 0.5) is 11.4 Å². The number of thiocarbonyl (C=S) groups is 1. The van der Waals surface area contributed by atoms with Crippen LogP contribution >= 0.6 is 35.3 Å². The minimum atomic E-state index is -1.17. The lowest BCUT2D eigenvalue weighted by Crippen LogP contribution is -2.35. The Hall–Kier alpha value is -5.56. The van der Waals surface area contributed by atoms with Gasteiger partial charge in [-0.25, -0.2) is 0 Å². The summed E-state index contributed by atoms with van der Waals surface area (Å²) in [5.74, 6) is -1.93. The van der Waals surface area contributed by atoms with Gasteiger partial charge in [0.15, 0.2) is 0 Å². The molecule has 3 heterocycles. The number of nitrogens with zero attached hydrogens (tertiary/aromatic N) is 3. The van der Waals surface area contributed by atoms with Gasteiger partial charge in [0.25, 0.3) is 11.5 Å². The lowest BCUT2D eigenvalue weighted by Gasteiger charge is -2.28. The first-order valence-corrected chi connectivity index (χ1v) is 23.5. The fraction of sp³-hybridized carbons (Fsp3) is 0.300. The highest BCUT2D eigenvalue weighted by Gasteiger charge is 2.42. The van der Waals surface area contributed by atoms with E-state index in [9.17, 15) is 24.3 Å². The van der Waals surface area contributed by atoms with E-state index in [0.717, 1.165) is 85.7 Å². The molecule has 2 fully saturated rings. The molecule has 316 valence electrons. The van der Waals surface area contributed by atoms with Gasteiger partial charge in [0.05, 0.1) is 4.53 Å². The molecule has 1 amide bonds. The summed E-state index contributed by atoms with van der Waals surface area (Å²) in [4.78, 5) is 54.9. The molecular formula is C50H47N3O6S3. The van der Waals surface area contributed by atoms with E-state index in [-0.39, 0.29) is 17.2 Å². The molecule has 1 aromatic heterocycles. The minimum absolute atomic E-state index is 0.177. The van der Waals surface area contributed by atoms with Gasteiger partial charge < -0.3 is 15.1 Å². The lowest BCUT2D eigenvalue weighted by molar-refractivity contribution is -0.138. The first kappa shape index (κ1) is 41.8. The highest BCUT2D eigenvalue weighted by atomic mass is 32.2. The molecule has 2 unspecified atom stereocenters. The highest BCUT2D eigenvalue weighted by molar-refractivity contribution is 8.30. The predicted octanol–water partition coefficient (Wildman–Crippen LogP) is 9.27. The Morgan fingerprint density at radius 1 is 0.790 bits per heavy atom. The molecule has 2 atom stereocenters. The predicted molar refractivity (Wildman–Crippen MR) is 253 cm³/mol. The summed E-state index contributed by atoms with van der Waals surface area (Å²) in [7, 11) is 0. The fourth-order valence-corrected chi connectivity index (χ4v) is 12.2. The van der Waals surface area contributed by atoms with Crippen LogP contribution in [0.15, 0.2) is 89.7 Å². The van der Waals surface area contributed by atoms with Gasteiger partial charge >= 0.3 is 11.9 Å². The number of aryl methyl sites for hydroxylation is 1. The topological polar surface area (TPSA) is 120 Å². The Kier molecular flexibility index (Phi) is 11.9. The first-order valence-electron chi connectivity index (χ1n) is 21.4. The molecule has 0 bridgehead atoms. The number of unbranched alkanes of at least 4 members (excludes halogenated alkanes) is 5. The summed E-state index contributed by atoms with van der Waals surface area (Å²) in [6, 6.07) is 30.9. The van der Waals surface area contributed by atoms with Crippen LogP contribution in [0.5, 0.6) is 0 Å². The monoisotopic (exact) mass is 881 g/mol. The van der Waals surface area contributed by atoms with Crippen molar-refractivity contribution >= 4 is 91.5 Å². The number of carbonyl (C=O) groups excluding carboxylic acids is 1. The molecule has 9 nitrogen and oxygen atoms in total. The second-order valence-corrected chi connectivity index (χ2v) is 19.3. The van der Waals surface area contributed by atoms with Crippen LogP contribution in [0.3, 0.4) is 0 Å². The molecule has 4 aliphatic rings. The van der Waals surface area contributed by atoms with Crippen molar-refractivity contribution in [2.24, 2.45) is 0 Å². The number of aliphatic carboxylic acids is 2. The van der Waals surface area contributed by atoms with E-state index in [0.29, 0.717) is 38.4 Å². The van der Waals surface area contributed by atoms with Gasteiger partial charge in [-0.3, -0.25) is 28.6 Å². The number of carboxylic acids is 2. The SMILES string of the molecule is Cc1ccc(/C=C2\c3ccccc3-c3ccc(N4c5ccc(/C=c6\s/c(=C7/SC(=S)N(CCCCCCCCC(=O)O)C7=O)n(CC(=O)O)c6=O)cc5C5CCCC54)cc32)cc1. The standard InChI is InChI=1S/C50H47N3O6S3/c1-30-16-18-31(19-17-30)25-38-35-12-8-7-11-34(35)36-22-21-33(28-39(36)38)53-41-14-10-13-37(41)40-26-32(20-23-42(40)53)27-43-47(58)52(29-45(56)57)49(61-43)46-48(59)51(50(60)62-46)24-9-5-3-2-4-6-15-44(54)55/h7-8,11-12,16-23,25-28,37,41H,2-6,9-10,13-15,24,29H2,1H3,(H,54,55)(H,56,57)/b38-25+,43-27-,49-46+. The van der Waals surface area contributed by atoms with Crippen LogP contribution < -0.4 is 19.7 Å². The van der Waals surface area contributed by atoms with E-state index in [1.807, 2.05) is 12.1 Å². The minimum Gasteiger partial charge on any atom is -0.481 e. The van der Waals surface area contributed by atoms with Crippen molar-refractivity contribution in [2.75, 3.05) is 11.4 Å². The van der Waals surface area contributed by atoms with E-state index in [4.69, 9.17) is 17.3 Å². The van der Waals surface area contributed by atoms with Crippen molar-refractivity contribution < 1.29 is 24.6 Å². The van der Waals surface area contributed by atoms with E-state index in [1.165, 1.54) is 54.8 Å². The van der Waals surface area contributed by atoms with Gasteiger partial charge in [-0.05, 0) is 114 Å². The van der Waals surface area contributed by atoms with Crippen LogP contribution in [0.25, 0.3) is 33.8 Å². The third kappa shape index (κ3) is 8.11. The molecule has 62 heavy (non-hydrogen) atoms. The number of fused-ring (bicyclic) bond motifs is 6. The summed E-state index contributed by atoms with van der Waals surface area (Å²) < 4.78 is 2.25. The molecular weight excluding hydrogens is 835 g/mol.